The largest absolute Gasteiger partial charge is 0.416 e. The second kappa shape index (κ2) is 11.4. The Bertz CT molecular complexity index is 1260. The van der Waals surface area contributed by atoms with Gasteiger partial charge in [-0.2, -0.15) is 13.2 Å². The number of aromatic nitrogens is 1. The predicted molar refractivity (Wildman–Crippen MR) is 136 cm³/mol. The standard InChI is InChI=1S/C27H28ClF3N4O2/c1-2-23(33-26(37)35-34-25(36)18-7-10-20(28)11-8-18)17-5-3-16(4-6-17)21-13-14-32-24-12-9-19(15-22(21)24)27(29,30)31/h7-17,23H,2-6H2,1H3,(H,34,36)(H2,33,35,37)/t16-,17+,23?. The number of rotatable bonds is 5. The molecule has 0 spiro atoms. The number of hydrazine groups is 1. The zero-order valence-corrected chi connectivity index (χ0v) is 21.0. The van der Waals surface area contributed by atoms with Gasteiger partial charge in [-0.1, -0.05) is 18.5 Å². The van der Waals surface area contributed by atoms with Gasteiger partial charge in [0.1, 0.15) is 0 Å². The van der Waals surface area contributed by atoms with Crippen molar-refractivity contribution < 1.29 is 22.8 Å². The summed E-state index contributed by atoms with van der Waals surface area (Å²) in [5, 5.41) is 3.99. The van der Waals surface area contributed by atoms with Gasteiger partial charge in [-0.05, 0) is 98.0 Å². The molecule has 1 aromatic heterocycles. The molecule has 6 nitrogen and oxygen atoms in total. The minimum absolute atomic E-state index is 0.0978. The lowest BCUT2D eigenvalue weighted by Crippen LogP contribution is -2.51. The second-order valence-electron chi connectivity index (χ2n) is 9.32. The molecule has 2 aromatic carbocycles. The minimum Gasteiger partial charge on any atom is -0.334 e. The Hall–Kier alpha value is -3.33. The van der Waals surface area contributed by atoms with E-state index in [2.05, 4.69) is 21.2 Å². The van der Waals surface area contributed by atoms with E-state index in [1.807, 2.05) is 13.0 Å². The van der Waals surface area contributed by atoms with Gasteiger partial charge in [-0.3, -0.25) is 15.2 Å². The number of alkyl halides is 3. The van der Waals surface area contributed by atoms with Gasteiger partial charge in [0.15, 0.2) is 0 Å². The summed E-state index contributed by atoms with van der Waals surface area (Å²) in [5.74, 6) is -0.119. The van der Waals surface area contributed by atoms with Gasteiger partial charge in [0.2, 0.25) is 0 Å². The predicted octanol–water partition coefficient (Wildman–Crippen LogP) is 6.60. The number of hydrogen-bond acceptors (Lipinski definition) is 3. The highest BCUT2D eigenvalue weighted by molar-refractivity contribution is 6.30. The molecule has 1 heterocycles. The van der Waals surface area contributed by atoms with Crippen LogP contribution in [0.25, 0.3) is 10.9 Å². The number of fused-ring (bicyclic) bond motifs is 1. The molecule has 10 heteroatoms. The lowest BCUT2D eigenvalue weighted by atomic mass is 9.75. The first-order valence-electron chi connectivity index (χ1n) is 12.2. The van der Waals surface area contributed by atoms with Crippen LogP contribution in [0.1, 0.15) is 66.4 Å². The van der Waals surface area contributed by atoms with Gasteiger partial charge in [-0.15, -0.1) is 0 Å². The second-order valence-corrected chi connectivity index (χ2v) is 9.75. The molecule has 37 heavy (non-hydrogen) atoms. The van der Waals surface area contributed by atoms with E-state index < -0.39 is 23.7 Å². The van der Waals surface area contributed by atoms with Crippen molar-refractivity contribution in [2.45, 2.75) is 57.2 Å². The van der Waals surface area contributed by atoms with Crippen molar-refractivity contribution >= 4 is 34.4 Å². The molecule has 0 bridgehead atoms. The Labute approximate surface area is 218 Å². The van der Waals surface area contributed by atoms with Crippen LogP contribution in [0.3, 0.4) is 0 Å². The zero-order chi connectivity index (χ0) is 26.6. The van der Waals surface area contributed by atoms with E-state index in [1.165, 1.54) is 12.1 Å². The lowest BCUT2D eigenvalue weighted by molar-refractivity contribution is -0.137. The molecule has 4 rings (SSSR count). The lowest BCUT2D eigenvalue weighted by Gasteiger charge is -2.34. The molecular weight excluding hydrogens is 505 g/mol. The Kier molecular flexibility index (Phi) is 8.22. The van der Waals surface area contributed by atoms with Gasteiger partial charge >= 0.3 is 12.2 Å². The molecular formula is C27H28ClF3N4O2. The third-order valence-electron chi connectivity index (χ3n) is 7.04. The highest BCUT2D eigenvalue weighted by atomic mass is 35.5. The number of hydrogen-bond donors (Lipinski definition) is 3. The summed E-state index contributed by atoms with van der Waals surface area (Å²) in [5.41, 5.74) is 5.90. The number of nitrogens with one attached hydrogen (secondary N) is 3. The van der Waals surface area contributed by atoms with Gasteiger partial charge in [-0.25, -0.2) is 10.2 Å². The molecule has 3 N–H and O–H groups in total. The van der Waals surface area contributed by atoms with Crippen LogP contribution in [0.2, 0.25) is 5.02 Å². The summed E-state index contributed by atoms with van der Waals surface area (Å²) >= 11 is 5.83. The molecule has 3 amide bonds. The topological polar surface area (TPSA) is 83.1 Å². The first kappa shape index (κ1) is 26.7. The van der Waals surface area contributed by atoms with Crippen molar-refractivity contribution in [2.24, 2.45) is 5.92 Å². The average molecular weight is 533 g/mol. The molecule has 196 valence electrons. The van der Waals surface area contributed by atoms with E-state index in [0.29, 0.717) is 27.9 Å². The number of pyridine rings is 1. The fourth-order valence-electron chi connectivity index (χ4n) is 5.08. The van der Waals surface area contributed by atoms with Crippen molar-refractivity contribution in [1.82, 2.24) is 21.2 Å². The summed E-state index contributed by atoms with van der Waals surface area (Å²) in [7, 11) is 0. The fraction of sp³-hybridized carbons (Fsp3) is 0.370. The van der Waals surface area contributed by atoms with Crippen LogP contribution >= 0.6 is 11.6 Å². The van der Waals surface area contributed by atoms with Crippen molar-refractivity contribution in [3.8, 4) is 0 Å². The molecule has 3 aromatic rings. The molecule has 0 radical (unpaired) electrons. The number of benzene rings is 2. The number of carbonyl (C=O) groups excluding carboxylic acids is 2. The highest BCUT2D eigenvalue weighted by Crippen LogP contribution is 2.41. The summed E-state index contributed by atoms with van der Waals surface area (Å²) in [6.45, 7) is 1.98. The first-order valence-corrected chi connectivity index (χ1v) is 12.6. The van der Waals surface area contributed by atoms with Gasteiger partial charge in [0.25, 0.3) is 5.91 Å². The summed E-state index contributed by atoms with van der Waals surface area (Å²) < 4.78 is 39.9. The number of nitrogens with zero attached hydrogens (tertiary/aromatic N) is 1. The first-order chi connectivity index (χ1) is 17.7. The van der Waals surface area contributed by atoms with Gasteiger partial charge in [0.05, 0.1) is 11.1 Å². The van der Waals surface area contributed by atoms with E-state index >= 15 is 0 Å². The van der Waals surface area contributed by atoms with Crippen LogP contribution in [-0.2, 0) is 6.18 Å². The molecule has 0 aliphatic heterocycles. The van der Waals surface area contributed by atoms with Crippen molar-refractivity contribution in [2.75, 3.05) is 0 Å². The Morgan fingerprint density at radius 3 is 2.38 bits per heavy atom. The Morgan fingerprint density at radius 1 is 1.03 bits per heavy atom. The normalized spacial score (nSPS) is 18.7. The third kappa shape index (κ3) is 6.52. The number of halogens is 4. The molecule has 0 saturated heterocycles. The van der Waals surface area contributed by atoms with E-state index in [0.717, 1.165) is 37.3 Å². The molecule has 1 aliphatic rings. The van der Waals surface area contributed by atoms with E-state index in [4.69, 9.17) is 11.6 Å². The Balaban J connectivity index is 1.34. The molecule has 1 aliphatic carbocycles. The zero-order valence-electron chi connectivity index (χ0n) is 20.2. The monoisotopic (exact) mass is 532 g/mol. The fourth-order valence-corrected chi connectivity index (χ4v) is 5.20. The van der Waals surface area contributed by atoms with Crippen molar-refractivity contribution in [1.29, 1.82) is 0 Å². The van der Waals surface area contributed by atoms with Crippen LogP contribution in [0.5, 0.6) is 0 Å². The third-order valence-corrected chi connectivity index (χ3v) is 7.29. The van der Waals surface area contributed by atoms with Crippen LogP contribution in [0.4, 0.5) is 18.0 Å². The molecule has 1 atom stereocenters. The van der Waals surface area contributed by atoms with Crippen LogP contribution in [0.15, 0.2) is 54.7 Å². The summed E-state index contributed by atoms with van der Waals surface area (Å²) in [4.78, 5) is 28.9. The number of urea groups is 1. The maximum Gasteiger partial charge on any atom is 0.416 e. The molecule has 1 unspecified atom stereocenters. The van der Waals surface area contributed by atoms with Gasteiger partial charge in [0, 0.05) is 28.2 Å². The maximum atomic E-state index is 13.3. The molecule has 1 saturated carbocycles. The van der Waals surface area contributed by atoms with E-state index in [9.17, 15) is 22.8 Å². The average Bonchev–Trinajstić information content (AvgIpc) is 2.89. The highest BCUT2D eigenvalue weighted by Gasteiger charge is 2.32. The molecule has 1 fully saturated rings. The minimum atomic E-state index is -4.41. The van der Waals surface area contributed by atoms with Crippen molar-refractivity contribution in [3.63, 3.8) is 0 Å². The van der Waals surface area contributed by atoms with E-state index in [-0.39, 0.29) is 17.9 Å². The van der Waals surface area contributed by atoms with Crippen LogP contribution < -0.4 is 16.2 Å². The van der Waals surface area contributed by atoms with E-state index in [1.54, 1.807) is 30.5 Å². The number of amides is 3. The Morgan fingerprint density at radius 2 is 1.73 bits per heavy atom. The smallest absolute Gasteiger partial charge is 0.334 e. The van der Waals surface area contributed by atoms with Crippen molar-refractivity contribution in [3.05, 3.63) is 76.4 Å². The van der Waals surface area contributed by atoms with Crippen LogP contribution in [-0.4, -0.2) is 23.0 Å². The number of carbonyl (C=O) groups is 2. The SMILES string of the molecule is CCC(NC(=O)NNC(=O)c1ccc(Cl)cc1)[C@H]1CC[C@@H](c2ccnc3ccc(C(F)(F)F)cc32)CC1. The summed E-state index contributed by atoms with van der Waals surface area (Å²) in [6, 6.07) is 11.2. The van der Waals surface area contributed by atoms with Crippen LogP contribution in [0, 0.1) is 5.92 Å². The summed E-state index contributed by atoms with van der Waals surface area (Å²) in [6.07, 6.45) is 1.19. The maximum absolute atomic E-state index is 13.3. The van der Waals surface area contributed by atoms with Gasteiger partial charge < -0.3 is 5.32 Å². The quantitative estimate of drug-likeness (QED) is 0.324.